The van der Waals surface area contributed by atoms with E-state index in [0.29, 0.717) is 23.7 Å². The summed E-state index contributed by atoms with van der Waals surface area (Å²) in [5.41, 5.74) is 5.26. The summed E-state index contributed by atoms with van der Waals surface area (Å²) < 4.78 is 0. The van der Waals surface area contributed by atoms with Gasteiger partial charge in [0, 0.05) is 68.3 Å². The average Bonchev–Trinajstić information content (AvgIpc) is 3.50. The zero-order valence-corrected chi connectivity index (χ0v) is 21.4. The molecule has 10 heteroatoms. The van der Waals surface area contributed by atoms with Crippen LogP contribution in [0.4, 0.5) is 17.5 Å². The molecule has 7 rings (SSSR count). The Labute approximate surface area is 221 Å². The van der Waals surface area contributed by atoms with E-state index in [1.807, 2.05) is 24.5 Å². The molecular weight excluding hydrogens is 476 g/mol. The molecule has 38 heavy (non-hydrogen) atoms. The Kier molecular flexibility index (Phi) is 5.59. The fraction of sp³-hybridized carbons (Fsp3) is 0.393. The second-order valence-electron chi connectivity index (χ2n) is 10.6. The van der Waals surface area contributed by atoms with Crippen molar-refractivity contribution in [3.63, 3.8) is 0 Å². The number of aromatic amines is 1. The minimum absolute atomic E-state index is 0.347. The van der Waals surface area contributed by atoms with Crippen LogP contribution in [0.25, 0.3) is 22.3 Å². The number of H-pyrrole nitrogens is 1. The molecule has 3 atom stereocenters. The molecule has 3 saturated heterocycles. The van der Waals surface area contributed by atoms with Gasteiger partial charge in [-0.25, -0.2) is 15.0 Å². The van der Waals surface area contributed by atoms with E-state index in [2.05, 4.69) is 67.5 Å². The van der Waals surface area contributed by atoms with Gasteiger partial charge in [0.1, 0.15) is 22.5 Å². The molecule has 3 aliphatic rings. The number of fused-ring (bicyclic) bond motifs is 3. The zero-order chi connectivity index (χ0) is 25.6. The van der Waals surface area contributed by atoms with Crippen molar-refractivity contribution in [2.75, 3.05) is 47.4 Å². The standard InChI is InChI=1S/C28H30N10/c1-18-15-36(11-10-30-18)25-9-4-20(13-31-25)26-27-24(34-35-26)14-32-28(33-27)38-22-7-8-23(38)17-37(16-22)21-5-2-19(12-29)3-6-21/h2-6,9,13-14,18,22-23,30H,7-8,10-11,15-17H2,1H3,(H,34,35)/t18-,22?,23?/m1/s1. The van der Waals surface area contributed by atoms with Gasteiger partial charge in [-0.2, -0.15) is 10.4 Å². The number of piperazine rings is 2. The number of hydrogen-bond acceptors (Lipinski definition) is 9. The van der Waals surface area contributed by atoms with Gasteiger partial charge >= 0.3 is 0 Å². The molecule has 0 saturated carbocycles. The van der Waals surface area contributed by atoms with Crippen LogP contribution in [0, 0.1) is 11.3 Å². The number of nitriles is 1. The summed E-state index contributed by atoms with van der Waals surface area (Å²) in [7, 11) is 0. The van der Waals surface area contributed by atoms with Crippen LogP contribution in [-0.2, 0) is 0 Å². The molecule has 10 nitrogen and oxygen atoms in total. The third-order valence-electron chi connectivity index (χ3n) is 8.08. The maximum absolute atomic E-state index is 9.12. The van der Waals surface area contributed by atoms with E-state index in [1.165, 1.54) is 5.69 Å². The summed E-state index contributed by atoms with van der Waals surface area (Å²) in [5.74, 6) is 1.76. The van der Waals surface area contributed by atoms with Crippen LogP contribution in [0.1, 0.15) is 25.3 Å². The van der Waals surface area contributed by atoms with Crippen molar-refractivity contribution in [3.8, 4) is 17.3 Å². The Balaban J connectivity index is 1.14. The normalized spacial score (nSPS) is 23.2. The maximum Gasteiger partial charge on any atom is 0.226 e. The average molecular weight is 507 g/mol. The smallest absolute Gasteiger partial charge is 0.226 e. The molecule has 2 N–H and O–H groups in total. The van der Waals surface area contributed by atoms with E-state index in [-0.39, 0.29) is 0 Å². The number of pyridine rings is 1. The molecule has 3 aliphatic heterocycles. The monoisotopic (exact) mass is 506 g/mol. The summed E-state index contributed by atoms with van der Waals surface area (Å²) in [5, 5.41) is 20.3. The number of nitrogens with zero attached hydrogens (tertiary/aromatic N) is 8. The Bertz CT molecular complexity index is 1480. The van der Waals surface area contributed by atoms with Crippen LogP contribution in [-0.4, -0.2) is 76.0 Å². The lowest BCUT2D eigenvalue weighted by Crippen LogP contribution is -2.54. The Morgan fingerprint density at radius 3 is 2.47 bits per heavy atom. The minimum atomic E-state index is 0.347. The largest absolute Gasteiger partial charge is 0.367 e. The fourth-order valence-electron chi connectivity index (χ4n) is 6.17. The number of hydrogen-bond donors (Lipinski definition) is 2. The lowest BCUT2D eigenvalue weighted by atomic mass is 10.1. The van der Waals surface area contributed by atoms with E-state index >= 15 is 0 Å². The van der Waals surface area contributed by atoms with Crippen molar-refractivity contribution in [3.05, 3.63) is 54.4 Å². The van der Waals surface area contributed by atoms with Crippen molar-refractivity contribution in [2.45, 2.75) is 37.9 Å². The first-order chi connectivity index (χ1) is 18.7. The highest BCUT2D eigenvalue weighted by atomic mass is 15.4. The highest BCUT2D eigenvalue weighted by Gasteiger charge is 2.41. The summed E-state index contributed by atoms with van der Waals surface area (Å²) in [4.78, 5) is 21.7. The molecule has 0 amide bonds. The van der Waals surface area contributed by atoms with Gasteiger partial charge in [0.25, 0.3) is 0 Å². The van der Waals surface area contributed by atoms with E-state index < -0.39 is 0 Å². The maximum atomic E-state index is 9.12. The Morgan fingerprint density at radius 2 is 1.76 bits per heavy atom. The number of benzene rings is 1. The second-order valence-corrected chi connectivity index (χ2v) is 10.6. The molecule has 0 spiro atoms. The molecule has 4 aromatic rings. The lowest BCUT2D eigenvalue weighted by molar-refractivity contribution is 0.482. The van der Waals surface area contributed by atoms with Crippen molar-refractivity contribution in [1.82, 2.24) is 30.5 Å². The van der Waals surface area contributed by atoms with Gasteiger partial charge in [-0.15, -0.1) is 0 Å². The van der Waals surface area contributed by atoms with E-state index in [0.717, 1.165) is 79.6 Å². The predicted octanol–water partition coefficient (Wildman–Crippen LogP) is 2.94. The lowest BCUT2D eigenvalue weighted by Gasteiger charge is -2.42. The summed E-state index contributed by atoms with van der Waals surface area (Å²) in [6.45, 7) is 6.91. The number of anilines is 3. The molecule has 1 aromatic carbocycles. The van der Waals surface area contributed by atoms with Crippen molar-refractivity contribution < 1.29 is 0 Å². The fourth-order valence-corrected chi connectivity index (χ4v) is 6.17. The van der Waals surface area contributed by atoms with Crippen molar-refractivity contribution in [1.29, 1.82) is 5.26 Å². The molecular formula is C28H30N10. The number of rotatable bonds is 4. The molecule has 3 fully saturated rings. The first-order valence-corrected chi connectivity index (χ1v) is 13.4. The number of nitrogens with one attached hydrogen (secondary N) is 2. The highest BCUT2D eigenvalue weighted by Crippen LogP contribution is 2.36. The third kappa shape index (κ3) is 4.00. The predicted molar refractivity (Wildman–Crippen MR) is 147 cm³/mol. The topological polar surface area (TPSA) is 113 Å². The summed E-state index contributed by atoms with van der Waals surface area (Å²) >= 11 is 0. The van der Waals surface area contributed by atoms with Gasteiger partial charge in [0.15, 0.2) is 0 Å². The SMILES string of the molecule is C[C@@H]1CN(c2ccc(-c3n[nH]c4cnc(N5C6CCC5CN(c5ccc(C#N)cc5)C6)nc34)cn2)CCN1. The van der Waals surface area contributed by atoms with E-state index in [1.54, 1.807) is 0 Å². The van der Waals surface area contributed by atoms with Gasteiger partial charge in [-0.1, -0.05) is 0 Å². The molecule has 192 valence electrons. The first-order valence-electron chi connectivity index (χ1n) is 13.4. The van der Waals surface area contributed by atoms with Crippen molar-refractivity contribution >= 4 is 28.5 Å². The van der Waals surface area contributed by atoms with Crippen LogP contribution in [0.15, 0.2) is 48.8 Å². The van der Waals surface area contributed by atoms with Crippen LogP contribution >= 0.6 is 0 Å². The van der Waals surface area contributed by atoms with Crippen LogP contribution in [0.2, 0.25) is 0 Å². The van der Waals surface area contributed by atoms with Crippen molar-refractivity contribution in [2.24, 2.45) is 0 Å². The molecule has 2 bridgehead atoms. The molecule has 2 unspecified atom stereocenters. The Hall–Kier alpha value is -4.23. The molecule has 0 aliphatic carbocycles. The van der Waals surface area contributed by atoms with E-state index in [4.69, 9.17) is 20.2 Å². The quantitative estimate of drug-likeness (QED) is 0.431. The van der Waals surface area contributed by atoms with E-state index in [9.17, 15) is 0 Å². The number of aromatic nitrogens is 5. The van der Waals surface area contributed by atoms with Gasteiger partial charge in [0.2, 0.25) is 5.95 Å². The van der Waals surface area contributed by atoms with Crippen LogP contribution in [0.3, 0.4) is 0 Å². The van der Waals surface area contributed by atoms with Gasteiger partial charge < -0.3 is 20.0 Å². The van der Waals surface area contributed by atoms with Crippen LogP contribution in [0.5, 0.6) is 0 Å². The third-order valence-corrected chi connectivity index (χ3v) is 8.08. The summed E-state index contributed by atoms with van der Waals surface area (Å²) in [6.07, 6.45) is 5.99. The second kappa shape index (κ2) is 9.26. The molecule has 0 radical (unpaired) electrons. The van der Waals surface area contributed by atoms with Gasteiger partial charge in [0.05, 0.1) is 17.8 Å². The van der Waals surface area contributed by atoms with Gasteiger partial charge in [-0.3, -0.25) is 5.10 Å². The zero-order valence-electron chi connectivity index (χ0n) is 21.4. The first kappa shape index (κ1) is 22.9. The van der Waals surface area contributed by atoms with Gasteiger partial charge in [-0.05, 0) is 56.2 Å². The summed E-state index contributed by atoms with van der Waals surface area (Å²) in [6, 6.07) is 15.4. The highest BCUT2D eigenvalue weighted by molar-refractivity contribution is 5.89. The van der Waals surface area contributed by atoms with Crippen LogP contribution < -0.4 is 20.0 Å². The minimum Gasteiger partial charge on any atom is -0.367 e. The molecule has 3 aromatic heterocycles. The molecule has 6 heterocycles. The Morgan fingerprint density at radius 1 is 0.947 bits per heavy atom.